The number of hydrogen-bond acceptors (Lipinski definition) is 5. The Morgan fingerprint density at radius 1 is 1.08 bits per heavy atom. The molecule has 0 fully saturated rings. The Kier molecular flexibility index (Phi) is 7.16. The smallest absolute Gasteiger partial charge is 0.416 e. The number of ether oxygens (including phenoxy) is 2. The van der Waals surface area contributed by atoms with Gasteiger partial charge < -0.3 is 14.8 Å². The van der Waals surface area contributed by atoms with E-state index < -0.39 is 35.2 Å². The number of amides is 1. The average molecular weight is 359 g/mol. The van der Waals surface area contributed by atoms with E-state index in [0.29, 0.717) is 6.07 Å². The van der Waals surface area contributed by atoms with Crippen LogP contribution >= 0.6 is 0 Å². The predicted molar refractivity (Wildman–Crippen MR) is 80.3 cm³/mol. The van der Waals surface area contributed by atoms with Gasteiger partial charge in [0.1, 0.15) is 0 Å². The third kappa shape index (κ3) is 5.94. The van der Waals surface area contributed by atoms with Crippen LogP contribution in [-0.2, 0) is 25.2 Å². The number of alkyl halides is 3. The highest BCUT2D eigenvalue weighted by Crippen LogP contribution is 2.29. The lowest BCUT2D eigenvalue weighted by atomic mass is 10.1. The van der Waals surface area contributed by atoms with Gasteiger partial charge in [-0.3, -0.25) is 4.79 Å². The molecule has 0 aliphatic rings. The molecule has 0 saturated carbocycles. The van der Waals surface area contributed by atoms with Gasteiger partial charge in [0.25, 0.3) is 5.91 Å². The molecule has 0 aliphatic heterocycles. The Labute approximate surface area is 141 Å². The van der Waals surface area contributed by atoms with E-state index in [-0.39, 0.29) is 18.8 Å². The molecule has 1 aromatic rings. The van der Waals surface area contributed by atoms with Crippen LogP contribution in [0.25, 0.3) is 0 Å². The summed E-state index contributed by atoms with van der Waals surface area (Å²) in [5.74, 6) is -2.98. The number of carbonyl (C=O) groups excluding carboxylic acids is 3. The maximum Gasteiger partial charge on any atom is 0.416 e. The molecule has 0 heterocycles. The molecule has 0 spiro atoms. The summed E-state index contributed by atoms with van der Waals surface area (Å²) in [5, 5.41) is 2.09. The minimum absolute atomic E-state index is 0.0167. The first-order chi connectivity index (χ1) is 11.7. The van der Waals surface area contributed by atoms with Crippen molar-refractivity contribution in [2.45, 2.75) is 20.0 Å². The Hall–Kier alpha value is -2.84. The monoisotopic (exact) mass is 359 g/mol. The summed E-state index contributed by atoms with van der Waals surface area (Å²) >= 11 is 0. The van der Waals surface area contributed by atoms with Crippen molar-refractivity contribution in [3.8, 4) is 0 Å². The zero-order chi connectivity index (χ0) is 19.0. The van der Waals surface area contributed by atoms with Crippen molar-refractivity contribution in [1.29, 1.82) is 0 Å². The van der Waals surface area contributed by atoms with Gasteiger partial charge in [0.2, 0.25) is 0 Å². The summed E-state index contributed by atoms with van der Waals surface area (Å²) in [6.45, 7) is 3.00. The van der Waals surface area contributed by atoms with Crippen LogP contribution in [0.1, 0.15) is 29.8 Å². The standard InChI is InChI=1S/C16H16F3NO5/c1-3-24-14(22)12(15(23)25-4-2)9-20-13(21)10-6-5-7-11(8-10)16(17,18)19/h5-9H,3-4H2,1-2H3,(H,20,21). The number of halogens is 3. The summed E-state index contributed by atoms with van der Waals surface area (Å²) < 4.78 is 47.3. The maximum absolute atomic E-state index is 12.7. The number of benzene rings is 1. The summed E-state index contributed by atoms with van der Waals surface area (Å²) in [4.78, 5) is 35.4. The van der Waals surface area contributed by atoms with E-state index in [1.165, 1.54) is 13.8 Å². The zero-order valence-corrected chi connectivity index (χ0v) is 13.5. The highest BCUT2D eigenvalue weighted by Gasteiger charge is 2.31. The SMILES string of the molecule is CCOC(=O)C(=CNC(=O)c1cccc(C(F)(F)F)c1)C(=O)OCC. The van der Waals surface area contributed by atoms with Gasteiger partial charge in [-0.2, -0.15) is 13.2 Å². The molecule has 0 radical (unpaired) electrons. The van der Waals surface area contributed by atoms with Gasteiger partial charge in [-0.1, -0.05) is 6.07 Å². The highest BCUT2D eigenvalue weighted by atomic mass is 19.4. The van der Waals surface area contributed by atoms with Crippen LogP contribution in [0, 0.1) is 0 Å². The van der Waals surface area contributed by atoms with Crippen molar-refractivity contribution in [1.82, 2.24) is 5.32 Å². The summed E-state index contributed by atoms with van der Waals surface area (Å²) in [7, 11) is 0. The van der Waals surface area contributed by atoms with Crippen LogP contribution in [0.2, 0.25) is 0 Å². The van der Waals surface area contributed by atoms with Gasteiger partial charge >= 0.3 is 18.1 Å². The fourth-order valence-corrected chi connectivity index (χ4v) is 1.68. The molecular weight excluding hydrogens is 343 g/mol. The topological polar surface area (TPSA) is 81.7 Å². The fourth-order valence-electron chi connectivity index (χ4n) is 1.68. The molecule has 0 saturated heterocycles. The molecule has 25 heavy (non-hydrogen) atoms. The lowest BCUT2D eigenvalue weighted by Crippen LogP contribution is -2.24. The number of carbonyl (C=O) groups is 3. The van der Waals surface area contributed by atoms with Crippen LogP contribution in [0.15, 0.2) is 36.0 Å². The van der Waals surface area contributed by atoms with Crippen molar-refractivity contribution in [2.24, 2.45) is 0 Å². The van der Waals surface area contributed by atoms with E-state index in [9.17, 15) is 27.6 Å². The first kappa shape index (κ1) is 20.2. The van der Waals surface area contributed by atoms with Gasteiger partial charge in [0.15, 0.2) is 5.57 Å². The van der Waals surface area contributed by atoms with Gasteiger partial charge in [0.05, 0.1) is 18.8 Å². The first-order valence-corrected chi connectivity index (χ1v) is 7.23. The van der Waals surface area contributed by atoms with Crippen LogP contribution in [0.4, 0.5) is 13.2 Å². The molecule has 1 aromatic carbocycles. The second-order valence-corrected chi connectivity index (χ2v) is 4.55. The predicted octanol–water partition coefficient (Wildman–Crippen LogP) is 2.45. The second kappa shape index (κ2) is 8.86. The quantitative estimate of drug-likeness (QED) is 0.365. The Morgan fingerprint density at radius 2 is 1.64 bits per heavy atom. The van der Waals surface area contributed by atoms with Crippen LogP contribution < -0.4 is 5.32 Å². The van der Waals surface area contributed by atoms with E-state index in [1.54, 1.807) is 0 Å². The van der Waals surface area contributed by atoms with Crippen LogP contribution in [0.3, 0.4) is 0 Å². The molecule has 0 bridgehead atoms. The molecule has 1 amide bonds. The van der Waals surface area contributed by atoms with Crippen molar-refractivity contribution >= 4 is 17.8 Å². The highest BCUT2D eigenvalue weighted by molar-refractivity contribution is 6.14. The van der Waals surface area contributed by atoms with Gasteiger partial charge in [-0.25, -0.2) is 9.59 Å². The zero-order valence-electron chi connectivity index (χ0n) is 13.5. The van der Waals surface area contributed by atoms with Crippen molar-refractivity contribution < 1.29 is 37.0 Å². The summed E-state index contributed by atoms with van der Waals surface area (Å²) in [5.41, 5.74) is -1.87. The largest absolute Gasteiger partial charge is 0.462 e. The van der Waals surface area contributed by atoms with Crippen LogP contribution in [0.5, 0.6) is 0 Å². The van der Waals surface area contributed by atoms with E-state index in [1.807, 2.05) is 0 Å². The summed E-state index contributed by atoms with van der Waals surface area (Å²) in [6.07, 6.45) is -3.86. The lowest BCUT2D eigenvalue weighted by molar-refractivity contribution is -0.146. The van der Waals surface area contributed by atoms with E-state index in [4.69, 9.17) is 0 Å². The first-order valence-electron chi connectivity index (χ1n) is 7.23. The van der Waals surface area contributed by atoms with Crippen molar-refractivity contribution in [3.63, 3.8) is 0 Å². The summed E-state index contributed by atoms with van der Waals surface area (Å²) in [6, 6.07) is 3.69. The number of esters is 2. The third-order valence-corrected chi connectivity index (χ3v) is 2.79. The van der Waals surface area contributed by atoms with E-state index in [0.717, 1.165) is 24.4 Å². The number of nitrogens with one attached hydrogen (secondary N) is 1. The maximum atomic E-state index is 12.7. The number of rotatable bonds is 6. The molecular formula is C16H16F3NO5. The molecule has 0 unspecified atom stereocenters. The normalized spacial score (nSPS) is 10.6. The molecule has 1 N–H and O–H groups in total. The van der Waals surface area contributed by atoms with E-state index in [2.05, 4.69) is 14.8 Å². The van der Waals surface area contributed by atoms with Crippen LogP contribution in [-0.4, -0.2) is 31.1 Å². The second-order valence-electron chi connectivity index (χ2n) is 4.55. The molecule has 1 rings (SSSR count). The van der Waals surface area contributed by atoms with Crippen molar-refractivity contribution in [2.75, 3.05) is 13.2 Å². The van der Waals surface area contributed by atoms with Gasteiger partial charge in [0, 0.05) is 11.8 Å². The van der Waals surface area contributed by atoms with Gasteiger partial charge in [-0.05, 0) is 32.0 Å². The minimum Gasteiger partial charge on any atom is -0.462 e. The molecule has 0 aromatic heterocycles. The van der Waals surface area contributed by atoms with Gasteiger partial charge in [-0.15, -0.1) is 0 Å². The Bertz CT molecular complexity index is 663. The molecule has 0 atom stereocenters. The molecule has 136 valence electrons. The fraction of sp³-hybridized carbons (Fsp3) is 0.312. The number of hydrogen-bond donors (Lipinski definition) is 1. The third-order valence-electron chi connectivity index (χ3n) is 2.79. The minimum atomic E-state index is -4.60. The molecule has 0 aliphatic carbocycles. The van der Waals surface area contributed by atoms with Crippen molar-refractivity contribution in [3.05, 3.63) is 47.2 Å². The van der Waals surface area contributed by atoms with E-state index >= 15 is 0 Å². The molecule has 9 heteroatoms. The lowest BCUT2D eigenvalue weighted by Gasteiger charge is -2.09. The Morgan fingerprint density at radius 3 is 2.12 bits per heavy atom. The molecule has 6 nitrogen and oxygen atoms in total. The average Bonchev–Trinajstić information content (AvgIpc) is 2.54. The Balaban J connectivity index is 3.00.